The Kier molecular flexibility index (Phi) is 2.45. The lowest BCUT2D eigenvalue weighted by Crippen LogP contribution is -2.40. The lowest BCUT2D eigenvalue weighted by molar-refractivity contribution is -0.0371. The Morgan fingerprint density at radius 3 is 3.00 bits per heavy atom. The molecule has 1 aliphatic rings. The second-order valence-electron chi connectivity index (χ2n) is 3.20. The van der Waals surface area contributed by atoms with E-state index in [0.717, 1.165) is 23.6 Å². The molecule has 1 saturated heterocycles. The van der Waals surface area contributed by atoms with Crippen LogP contribution in [0.3, 0.4) is 0 Å². The van der Waals surface area contributed by atoms with Crippen molar-refractivity contribution in [2.24, 2.45) is 0 Å². The molecule has 0 aromatic carbocycles. The number of ether oxygens (including phenoxy) is 1. The highest BCUT2D eigenvalue weighted by Gasteiger charge is 2.18. The van der Waals surface area contributed by atoms with Gasteiger partial charge in [0.25, 0.3) is 5.56 Å². The highest BCUT2D eigenvalue weighted by atomic mass is 16.5. The minimum atomic E-state index is -0.510. The highest BCUT2D eigenvalue weighted by Crippen LogP contribution is 2.18. The van der Waals surface area contributed by atoms with Crippen LogP contribution >= 0.6 is 0 Å². The largest absolute Gasteiger partial charge is 0.358 e. The van der Waals surface area contributed by atoms with Gasteiger partial charge in [0.15, 0.2) is 0 Å². The molecular formula is C8H11N3O3. The number of nitrogens with one attached hydrogen (secondary N) is 1. The lowest BCUT2D eigenvalue weighted by atomic mass is 10.2. The van der Waals surface area contributed by atoms with Gasteiger partial charge < -0.3 is 4.74 Å². The summed E-state index contributed by atoms with van der Waals surface area (Å²) in [5.41, 5.74) is -0.926. The van der Waals surface area contributed by atoms with E-state index in [-0.39, 0.29) is 0 Å². The molecule has 1 unspecified atom stereocenters. The van der Waals surface area contributed by atoms with Gasteiger partial charge in [-0.15, -0.1) is 0 Å². The van der Waals surface area contributed by atoms with Crippen LogP contribution in [-0.2, 0) is 4.74 Å². The Labute approximate surface area is 79.5 Å². The van der Waals surface area contributed by atoms with Gasteiger partial charge in [0.2, 0.25) is 0 Å². The number of aromatic nitrogens is 3. The van der Waals surface area contributed by atoms with Crippen LogP contribution in [0.5, 0.6) is 0 Å². The van der Waals surface area contributed by atoms with Crippen LogP contribution in [0.15, 0.2) is 15.8 Å². The van der Waals surface area contributed by atoms with Crippen molar-refractivity contribution >= 4 is 0 Å². The van der Waals surface area contributed by atoms with Crippen LogP contribution in [0, 0.1) is 0 Å². The number of hydrogen-bond acceptors (Lipinski definition) is 4. The quantitative estimate of drug-likeness (QED) is 0.666. The second-order valence-corrected chi connectivity index (χ2v) is 3.20. The van der Waals surface area contributed by atoms with Crippen molar-refractivity contribution in [1.29, 1.82) is 0 Å². The Morgan fingerprint density at radius 1 is 1.50 bits per heavy atom. The van der Waals surface area contributed by atoms with Crippen molar-refractivity contribution in [3.05, 3.63) is 27.0 Å². The fraction of sp³-hybridized carbons (Fsp3) is 0.625. The molecule has 1 atom stereocenters. The Bertz CT molecular complexity index is 388. The third-order valence-electron chi connectivity index (χ3n) is 2.24. The average molecular weight is 197 g/mol. The summed E-state index contributed by atoms with van der Waals surface area (Å²) in [5.74, 6) is 0. The normalized spacial score (nSPS) is 22.1. The molecule has 1 N–H and O–H groups in total. The van der Waals surface area contributed by atoms with E-state index in [1.165, 1.54) is 0 Å². The van der Waals surface area contributed by atoms with Crippen LogP contribution in [0.4, 0.5) is 0 Å². The van der Waals surface area contributed by atoms with Crippen molar-refractivity contribution in [2.75, 3.05) is 6.61 Å². The third-order valence-corrected chi connectivity index (χ3v) is 2.24. The summed E-state index contributed by atoms with van der Waals surface area (Å²) >= 11 is 0. The molecule has 0 radical (unpaired) electrons. The molecule has 0 amide bonds. The monoisotopic (exact) mass is 197 g/mol. The van der Waals surface area contributed by atoms with E-state index in [4.69, 9.17) is 4.74 Å². The number of aromatic amines is 1. The van der Waals surface area contributed by atoms with Gasteiger partial charge in [0.05, 0.1) is 0 Å². The first-order valence-electron chi connectivity index (χ1n) is 4.57. The predicted molar refractivity (Wildman–Crippen MR) is 48.0 cm³/mol. The zero-order valence-corrected chi connectivity index (χ0v) is 7.60. The number of nitrogens with zero attached hydrogens (tertiary/aromatic N) is 2. The molecule has 2 rings (SSSR count). The lowest BCUT2D eigenvalue weighted by Gasteiger charge is -2.22. The molecule has 6 nitrogen and oxygen atoms in total. The first-order valence-corrected chi connectivity index (χ1v) is 4.57. The smallest absolute Gasteiger partial charge is 0.346 e. The Hall–Kier alpha value is -1.43. The maximum Gasteiger partial charge on any atom is 0.346 e. The van der Waals surface area contributed by atoms with E-state index in [2.05, 4.69) is 10.2 Å². The van der Waals surface area contributed by atoms with Gasteiger partial charge in [-0.25, -0.2) is 14.5 Å². The van der Waals surface area contributed by atoms with Crippen molar-refractivity contribution in [2.45, 2.75) is 25.5 Å². The minimum Gasteiger partial charge on any atom is -0.358 e. The van der Waals surface area contributed by atoms with E-state index in [1.54, 1.807) is 0 Å². The van der Waals surface area contributed by atoms with E-state index in [9.17, 15) is 9.59 Å². The summed E-state index contributed by atoms with van der Waals surface area (Å²) in [6.45, 7) is 0.596. The summed E-state index contributed by atoms with van der Waals surface area (Å²) in [6, 6.07) is 0. The van der Waals surface area contributed by atoms with Gasteiger partial charge in [-0.05, 0) is 19.3 Å². The van der Waals surface area contributed by atoms with Crippen molar-refractivity contribution in [3.63, 3.8) is 0 Å². The van der Waals surface area contributed by atoms with Crippen LogP contribution in [0.2, 0.25) is 0 Å². The molecule has 1 aromatic rings. The van der Waals surface area contributed by atoms with Crippen LogP contribution in [0.25, 0.3) is 0 Å². The fourth-order valence-corrected chi connectivity index (χ4v) is 1.56. The second kappa shape index (κ2) is 3.75. The van der Waals surface area contributed by atoms with E-state index in [1.807, 2.05) is 0 Å². The first kappa shape index (κ1) is 9.14. The molecule has 0 aliphatic carbocycles. The van der Waals surface area contributed by atoms with Crippen LogP contribution in [0.1, 0.15) is 25.5 Å². The van der Waals surface area contributed by atoms with Gasteiger partial charge in [-0.2, -0.15) is 5.10 Å². The standard InChI is InChI=1S/C8H11N3O3/c12-6-5-9-10-8(13)11(6)7-3-1-2-4-14-7/h5,7H,1-4H2,(H,10,13). The van der Waals surface area contributed by atoms with Crippen LogP contribution < -0.4 is 11.2 Å². The molecule has 1 aromatic heterocycles. The maximum atomic E-state index is 11.3. The van der Waals surface area contributed by atoms with Gasteiger partial charge in [0.1, 0.15) is 12.4 Å². The third kappa shape index (κ3) is 1.60. The topological polar surface area (TPSA) is 77.0 Å². The molecule has 0 bridgehead atoms. The molecule has 6 heteroatoms. The van der Waals surface area contributed by atoms with Gasteiger partial charge in [-0.1, -0.05) is 0 Å². The molecule has 14 heavy (non-hydrogen) atoms. The molecule has 0 spiro atoms. The molecule has 0 saturated carbocycles. The summed E-state index contributed by atoms with van der Waals surface area (Å²) in [7, 11) is 0. The van der Waals surface area contributed by atoms with Gasteiger partial charge in [-0.3, -0.25) is 4.79 Å². The Balaban J connectivity index is 2.39. The van der Waals surface area contributed by atoms with Gasteiger partial charge in [0, 0.05) is 6.61 Å². The number of rotatable bonds is 1. The fourth-order valence-electron chi connectivity index (χ4n) is 1.56. The number of hydrogen-bond donors (Lipinski definition) is 1. The van der Waals surface area contributed by atoms with Crippen molar-refractivity contribution in [1.82, 2.24) is 14.8 Å². The zero-order chi connectivity index (χ0) is 9.97. The molecule has 1 fully saturated rings. The first-order chi connectivity index (χ1) is 6.79. The molecule has 76 valence electrons. The van der Waals surface area contributed by atoms with Crippen molar-refractivity contribution in [3.8, 4) is 0 Å². The van der Waals surface area contributed by atoms with E-state index < -0.39 is 17.5 Å². The Morgan fingerprint density at radius 2 is 2.36 bits per heavy atom. The summed E-state index contributed by atoms with van der Waals surface area (Å²) in [4.78, 5) is 22.6. The summed E-state index contributed by atoms with van der Waals surface area (Å²) in [5, 5.41) is 5.63. The van der Waals surface area contributed by atoms with Crippen LogP contribution in [-0.4, -0.2) is 21.4 Å². The zero-order valence-electron chi connectivity index (χ0n) is 7.60. The van der Waals surface area contributed by atoms with Crippen molar-refractivity contribution < 1.29 is 4.74 Å². The van der Waals surface area contributed by atoms with Gasteiger partial charge >= 0.3 is 5.69 Å². The summed E-state index contributed by atoms with van der Waals surface area (Å²) < 4.78 is 6.42. The molecule has 1 aliphatic heterocycles. The SMILES string of the molecule is O=c1cn[nH]c(=O)n1C1CCCCO1. The average Bonchev–Trinajstić information content (AvgIpc) is 2.19. The minimum absolute atomic E-state index is 0.416. The van der Waals surface area contributed by atoms with E-state index >= 15 is 0 Å². The molecular weight excluding hydrogens is 186 g/mol. The maximum absolute atomic E-state index is 11.3. The number of H-pyrrole nitrogens is 1. The predicted octanol–water partition coefficient (Wildman–Crippen LogP) is -0.369. The molecule has 2 heterocycles. The highest BCUT2D eigenvalue weighted by molar-refractivity contribution is 4.77. The van der Waals surface area contributed by atoms with E-state index in [0.29, 0.717) is 13.0 Å². The summed E-state index contributed by atoms with van der Waals surface area (Å²) in [6.07, 6.45) is 3.31.